The smallest absolute Gasteiger partial charge is 0.298 e. The van der Waals surface area contributed by atoms with E-state index in [9.17, 15) is 8.78 Å². The molecule has 0 fully saturated rings. The van der Waals surface area contributed by atoms with Gasteiger partial charge in [0.2, 0.25) is 0 Å². The highest BCUT2D eigenvalue weighted by molar-refractivity contribution is 5.53. The van der Waals surface area contributed by atoms with Crippen molar-refractivity contribution in [2.45, 2.75) is 11.8 Å². The molecular weight excluding hydrogens is 390 g/mol. The van der Waals surface area contributed by atoms with Gasteiger partial charge in [0, 0.05) is 25.9 Å². The topological polar surface area (TPSA) is 89.8 Å². The van der Waals surface area contributed by atoms with Gasteiger partial charge >= 0.3 is 0 Å². The van der Waals surface area contributed by atoms with Crippen molar-refractivity contribution in [3.05, 3.63) is 71.1 Å². The Kier molecular flexibility index (Phi) is 7.68. The van der Waals surface area contributed by atoms with Crippen LogP contribution in [0.2, 0.25) is 0 Å². The lowest BCUT2D eigenvalue weighted by Crippen LogP contribution is -2.40. The molecule has 4 N–H and O–H groups in total. The number of pyridine rings is 1. The van der Waals surface area contributed by atoms with E-state index in [-0.39, 0.29) is 0 Å². The number of halogens is 4. The third-order valence-corrected chi connectivity index (χ3v) is 4.08. The highest BCUT2D eigenvalue weighted by Gasteiger charge is 2.45. The Labute approximate surface area is 165 Å². The van der Waals surface area contributed by atoms with E-state index in [2.05, 4.69) is 10.1 Å². The van der Waals surface area contributed by atoms with E-state index in [0.717, 1.165) is 29.5 Å². The summed E-state index contributed by atoms with van der Waals surface area (Å²) in [6.07, 6.45) is 5.54. The van der Waals surface area contributed by atoms with Gasteiger partial charge in [-0.2, -0.15) is 13.9 Å². The van der Waals surface area contributed by atoms with E-state index >= 15 is 8.78 Å². The van der Waals surface area contributed by atoms with Crippen molar-refractivity contribution >= 4 is 12.4 Å². The van der Waals surface area contributed by atoms with Crippen LogP contribution in [0.4, 0.5) is 17.6 Å². The van der Waals surface area contributed by atoms with Crippen LogP contribution in [0.5, 0.6) is 0 Å². The molecule has 0 amide bonds. The zero-order valence-electron chi connectivity index (χ0n) is 15.6. The number of benzene rings is 1. The molecule has 29 heavy (non-hydrogen) atoms. The zero-order chi connectivity index (χ0) is 21.4. The van der Waals surface area contributed by atoms with E-state index in [1.54, 1.807) is 12.2 Å². The molecule has 0 radical (unpaired) electrons. The molecule has 0 saturated carbocycles. The van der Waals surface area contributed by atoms with Crippen LogP contribution in [-0.4, -0.2) is 36.6 Å². The van der Waals surface area contributed by atoms with E-state index in [0.29, 0.717) is 18.2 Å². The highest BCUT2D eigenvalue weighted by Crippen LogP contribution is 2.42. The Morgan fingerprint density at radius 1 is 1.28 bits per heavy atom. The summed E-state index contributed by atoms with van der Waals surface area (Å²) in [6.45, 7) is -0.188. The number of alkyl halides is 2. The molecule has 0 bridgehead atoms. The molecule has 1 aromatic heterocycles. The van der Waals surface area contributed by atoms with E-state index in [1.165, 1.54) is 19.4 Å². The minimum Gasteiger partial charge on any atom is -0.381 e. The van der Waals surface area contributed by atoms with Crippen molar-refractivity contribution < 1.29 is 22.3 Å². The number of ether oxygens (including phenoxy) is 1. The summed E-state index contributed by atoms with van der Waals surface area (Å²) in [5, 5.41) is 3.96. The highest BCUT2D eigenvalue weighted by atomic mass is 19.3. The van der Waals surface area contributed by atoms with Crippen LogP contribution in [0.25, 0.3) is 6.08 Å². The molecule has 0 aliphatic carbocycles. The van der Waals surface area contributed by atoms with Crippen molar-refractivity contribution in [3.63, 3.8) is 0 Å². The Balaban J connectivity index is 2.41. The number of hydrogen-bond acceptors (Lipinski definition) is 5. The Morgan fingerprint density at radius 2 is 2.03 bits per heavy atom. The summed E-state index contributed by atoms with van der Waals surface area (Å²) in [5.74, 6) is 3.17. The number of rotatable bonds is 9. The molecule has 156 valence electrons. The average molecular weight is 411 g/mol. The number of nitrogens with zero attached hydrogens (tertiary/aromatic N) is 3. The van der Waals surface area contributed by atoms with Gasteiger partial charge < -0.3 is 10.6 Å². The first-order chi connectivity index (χ1) is 13.8. The average Bonchev–Trinajstić information content (AvgIpc) is 2.67. The number of hydrogen-bond donors (Lipinski definition) is 2. The fraction of sp³-hybridized carbons (Fsp3) is 0.263. The fourth-order valence-electron chi connectivity index (χ4n) is 2.70. The monoisotopic (exact) mass is 411 g/mol. The maximum atomic E-state index is 15.3. The van der Waals surface area contributed by atoms with Gasteiger partial charge in [-0.25, -0.2) is 14.6 Å². The molecule has 1 aromatic carbocycles. The lowest BCUT2D eigenvalue weighted by Gasteiger charge is -2.29. The first-order valence-corrected chi connectivity index (χ1v) is 8.49. The maximum absolute atomic E-state index is 15.3. The van der Waals surface area contributed by atoms with Crippen LogP contribution in [0.3, 0.4) is 0 Å². The summed E-state index contributed by atoms with van der Waals surface area (Å²) in [4.78, 5) is 3.82. The third kappa shape index (κ3) is 5.75. The van der Waals surface area contributed by atoms with E-state index in [4.69, 9.17) is 16.4 Å². The standard InChI is InChI=1S/C19H21F4N5O/c1-29-8-2-3-13-4-7-18(26-10-13)19(22,23)16(11-28(25)12-27-24)15-6-5-14(20)9-17(15)21/h2-7,9-10,12,16H,8,11,24-25H2,1H3/b3-2+,27-12-. The Morgan fingerprint density at radius 3 is 2.62 bits per heavy atom. The molecule has 0 saturated heterocycles. The summed E-state index contributed by atoms with van der Waals surface area (Å²) in [6, 6.07) is 4.98. The van der Waals surface area contributed by atoms with Gasteiger partial charge in [0.1, 0.15) is 23.7 Å². The van der Waals surface area contributed by atoms with Gasteiger partial charge in [-0.15, -0.1) is 0 Å². The van der Waals surface area contributed by atoms with Crippen LogP contribution in [0.15, 0.2) is 47.7 Å². The van der Waals surface area contributed by atoms with Crippen molar-refractivity contribution in [1.29, 1.82) is 0 Å². The van der Waals surface area contributed by atoms with Gasteiger partial charge in [-0.1, -0.05) is 24.3 Å². The van der Waals surface area contributed by atoms with Gasteiger partial charge in [0.25, 0.3) is 5.92 Å². The molecule has 0 spiro atoms. The molecule has 6 nitrogen and oxygen atoms in total. The van der Waals surface area contributed by atoms with Crippen molar-refractivity contribution in [3.8, 4) is 0 Å². The van der Waals surface area contributed by atoms with Crippen LogP contribution in [-0.2, 0) is 10.7 Å². The van der Waals surface area contributed by atoms with Gasteiger partial charge in [0.05, 0.1) is 12.5 Å². The lowest BCUT2D eigenvalue weighted by atomic mass is 9.89. The van der Waals surface area contributed by atoms with Gasteiger partial charge in [-0.3, -0.25) is 9.99 Å². The largest absolute Gasteiger partial charge is 0.381 e. The quantitative estimate of drug-likeness (QED) is 0.218. The summed E-state index contributed by atoms with van der Waals surface area (Å²) < 4.78 is 63.0. The summed E-state index contributed by atoms with van der Waals surface area (Å²) in [7, 11) is 1.52. The minimum atomic E-state index is -3.63. The minimum absolute atomic E-state index is 0.360. The molecule has 2 rings (SSSR count). The van der Waals surface area contributed by atoms with Gasteiger partial charge in [-0.05, 0) is 23.3 Å². The van der Waals surface area contributed by atoms with Crippen molar-refractivity contribution in [2.24, 2.45) is 16.8 Å². The molecule has 0 aliphatic heterocycles. The molecule has 0 aliphatic rings. The summed E-state index contributed by atoms with van der Waals surface area (Å²) in [5.41, 5.74) is -0.418. The number of hydrazine groups is 1. The Bertz CT molecular complexity index is 858. The van der Waals surface area contributed by atoms with Crippen LogP contribution < -0.4 is 11.7 Å². The van der Waals surface area contributed by atoms with Crippen molar-refractivity contribution in [1.82, 2.24) is 9.99 Å². The first kappa shape index (κ1) is 22.3. The third-order valence-electron chi connectivity index (χ3n) is 4.08. The molecule has 1 heterocycles. The molecule has 2 aromatic rings. The second-order valence-corrected chi connectivity index (χ2v) is 6.14. The normalized spacial score (nSPS) is 13.3. The lowest BCUT2D eigenvalue weighted by molar-refractivity contribution is -0.0443. The predicted molar refractivity (Wildman–Crippen MR) is 102 cm³/mol. The zero-order valence-corrected chi connectivity index (χ0v) is 15.6. The summed E-state index contributed by atoms with van der Waals surface area (Å²) >= 11 is 0. The SMILES string of the molecule is COC/C=C/c1ccc(C(F)(F)C(CN(N)/C=N\N)c2ccc(F)cc2F)nc1. The van der Waals surface area contributed by atoms with E-state index in [1.807, 2.05) is 0 Å². The molecule has 10 heteroatoms. The van der Waals surface area contributed by atoms with Crippen LogP contribution in [0.1, 0.15) is 22.7 Å². The molecule has 1 atom stereocenters. The first-order valence-electron chi connectivity index (χ1n) is 8.49. The fourth-order valence-corrected chi connectivity index (χ4v) is 2.70. The number of methoxy groups -OCH3 is 1. The predicted octanol–water partition coefficient (Wildman–Crippen LogP) is 2.97. The number of aromatic nitrogens is 1. The van der Waals surface area contributed by atoms with Crippen molar-refractivity contribution in [2.75, 3.05) is 20.3 Å². The van der Waals surface area contributed by atoms with Crippen LogP contribution in [0, 0.1) is 11.6 Å². The number of nitrogens with two attached hydrogens (primary N) is 2. The maximum Gasteiger partial charge on any atom is 0.298 e. The number of hydrazone groups is 1. The Hall–Kier alpha value is -2.98. The van der Waals surface area contributed by atoms with Crippen LogP contribution >= 0.6 is 0 Å². The van der Waals surface area contributed by atoms with E-state index < -0.39 is 41.3 Å². The van der Waals surface area contributed by atoms with Gasteiger partial charge in [0.15, 0.2) is 0 Å². The molecular formula is C19H21F4N5O. The molecule has 1 unspecified atom stereocenters. The second-order valence-electron chi connectivity index (χ2n) is 6.14. The second kappa shape index (κ2) is 9.99.